The van der Waals surface area contributed by atoms with Gasteiger partial charge in [0, 0.05) is 48.3 Å². The number of nitrogens with zero attached hydrogens (tertiary/aromatic N) is 3. The van der Waals surface area contributed by atoms with Gasteiger partial charge in [-0.05, 0) is 18.2 Å². The fourth-order valence-electron chi connectivity index (χ4n) is 1.28. The Balaban J connectivity index is 0.000000181. The van der Waals surface area contributed by atoms with Crippen LogP contribution in [0.5, 0.6) is 0 Å². The summed E-state index contributed by atoms with van der Waals surface area (Å²) in [5.74, 6) is 0. The monoisotopic (exact) mass is 224 g/mol. The highest BCUT2D eigenvalue weighted by Crippen LogP contribution is 2.14. The van der Waals surface area contributed by atoms with Gasteiger partial charge in [0.05, 0.1) is 0 Å². The third-order valence-corrected chi connectivity index (χ3v) is 2.06. The van der Waals surface area contributed by atoms with Crippen LogP contribution in [0.1, 0.15) is 0 Å². The Morgan fingerprint density at radius 1 is 0.765 bits per heavy atom. The van der Waals surface area contributed by atoms with E-state index in [-0.39, 0.29) is 0 Å². The Hall–Kier alpha value is -2.49. The lowest BCUT2D eigenvalue weighted by molar-refractivity contribution is 1.09. The Kier molecular flexibility index (Phi) is 4.00. The molecule has 0 saturated carbocycles. The molecule has 0 spiro atoms. The molecule has 0 aliphatic heterocycles. The van der Waals surface area contributed by atoms with Crippen molar-refractivity contribution in [2.45, 2.75) is 0 Å². The second-order valence-corrected chi connectivity index (χ2v) is 3.25. The van der Waals surface area contributed by atoms with Gasteiger partial charge in [0.15, 0.2) is 0 Å². The van der Waals surface area contributed by atoms with Crippen molar-refractivity contribution in [1.82, 2.24) is 20.2 Å². The van der Waals surface area contributed by atoms with Crippen LogP contribution >= 0.6 is 0 Å². The number of aromatic nitrogens is 4. The lowest BCUT2D eigenvalue weighted by atomic mass is 10.1. The minimum atomic E-state index is 1.10. The number of hydrogen-bond donors (Lipinski definition) is 1. The first kappa shape index (κ1) is 11.0. The maximum Gasteiger partial charge on any atom is 0.0487 e. The van der Waals surface area contributed by atoms with Gasteiger partial charge in [-0.2, -0.15) is 5.10 Å². The molecule has 3 rings (SSSR count). The molecule has 17 heavy (non-hydrogen) atoms. The summed E-state index contributed by atoms with van der Waals surface area (Å²) in [5, 5.41) is 6.21. The third kappa shape index (κ3) is 3.53. The Morgan fingerprint density at radius 2 is 1.41 bits per heavy atom. The zero-order valence-corrected chi connectivity index (χ0v) is 9.19. The number of aromatic amines is 1. The quantitative estimate of drug-likeness (QED) is 0.691. The smallest absolute Gasteiger partial charge is 0.0487 e. The van der Waals surface area contributed by atoms with Crippen molar-refractivity contribution < 1.29 is 0 Å². The van der Waals surface area contributed by atoms with Crippen molar-refractivity contribution in [2.75, 3.05) is 0 Å². The van der Waals surface area contributed by atoms with E-state index < -0.39 is 0 Å². The van der Waals surface area contributed by atoms with Crippen molar-refractivity contribution in [3.05, 3.63) is 67.5 Å². The average Bonchev–Trinajstić information content (AvgIpc) is 3.00. The summed E-state index contributed by atoms with van der Waals surface area (Å²) in [5.41, 5.74) is 2.20. The van der Waals surface area contributed by atoms with Crippen LogP contribution in [0, 0.1) is 0 Å². The molecule has 0 fully saturated rings. The summed E-state index contributed by atoms with van der Waals surface area (Å²) < 4.78 is 0. The maximum atomic E-state index is 4.03. The highest BCUT2D eigenvalue weighted by molar-refractivity contribution is 5.60. The van der Waals surface area contributed by atoms with Crippen molar-refractivity contribution in [3.8, 4) is 11.1 Å². The number of hydrogen-bond acceptors (Lipinski definition) is 3. The fourth-order valence-corrected chi connectivity index (χ4v) is 1.28. The molecule has 84 valence electrons. The molecule has 0 bridgehead atoms. The largest absolute Gasteiger partial charge is 0.286 e. The molecule has 0 aliphatic rings. The molecule has 3 aromatic heterocycles. The van der Waals surface area contributed by atoms with E-state index in [2.05, 4.69) is 20.2 Å². The fraction of sp³-hybridized carbons (Fsp3) is 0. The minimum absolute atomic E-state index is 1.10. The zero-order chi connectivity index (χ0) is 11.8. The van der Waals surface area contributed by atoms with E-state index in [1.807, 2.05) is 42.7 Å². The lowest BCUT2D eigenvalue weighted by Gasteiger charge is -1.97. The van der Waals surface area contributed by atoms with E-state index in [1.165, 1.54) is 0 Å². The molecule has 4 heteroatoms. The molecule has 0 saturated heterocycles. The van der Waals surface area contributed by atoms with Crippen LogP contribution in [0.15, 0.2) is 67.5 Å². The van der Waals surface area contributed by atoms with Gasteiger partial charge in [-0.25, -0.2) is 0 Å². The van der Waals surface area contributed by atoms with E-state index >= 15 is 0 Å². The van der Waals surface area contributed by atoms with Crippen LogP contribution in [0.2, 0.25) is 0 Å². The van der Waals surface area contributed by atoms with Crippen molar-refractivity contribution in [1.29, 1.82) is 0 Å². The van der Waals surface area contributed by atoms with E-state index in [1.54, 1.807) is 24.8 Å². The topological polar surface area (TPSA) is 54.5 Å². The van der Waals surface area contributed by atoms with E-state index in [0.29, 0.717) is 0 Å². The molecule has 0 aliphatic carbocycles. The van der Waals surface area contributed by atoms with E-state index in [9.17, 15) is 0 Å². The molecule has 1 N–H and O–H groups in total. The maximum absolute atomic E-state index is 4.03. The standard InChI is InChI=1S/C10H8N2.C3H4N2/c1-3-9(7-11-5-1)10-4-2-6-12-8-10;1-2-4-5-3-1/h1-8H;1-3H,(H,4,5). The third-order valence-electron chi connectivity index (χ3n) is 2.06. The number of nitrogens with one attached hydrogen (secondary N) is 1. The van der Waals surface area contributed by atoms with Crippen molar-refractivity contribution in [3.63, 3.8) is 0 Å². The Labute approximate surface area is 99.4 Å². The van der Waals surface area contributed by atoms with Crippen LogP contribution < -0.4 is 0 Å². The average molecular weight is 224 g/mol. The highest BCUT2D eigenvalue weighted by atomic mass is 15.1. The minimum Gasteiger partial charge on any atom is -0.286 e. The number of rotatable bonds is 1. The molecule has 3 heterocycles. The van der Waals surface area contributed by atoms with Gasteiger partial charge in [0.1, 0.15) is 0 Å². The summed E-state index contributed by atoms with van der Waals surface area (Å²) >= 11 is 0. The summed E-state index contributed by atoms with van der Waals surface area (Å²) in [6, 6.07) is 9.71. The van der Waals surface area contributed by atoms with Gasteiger partial charge in [-0.3, -0.25) is 15.1 Å². The second-order valence-electron chi connectivity index (χ2n) is 3.25. The molecule has 0 aromatic carbocycles. The molecular weight excluding hydrogens is 212 g/mol. The first-order chi connectivity index (χ1) is 8.47. The van der Waals surface area contributed by atoms with Crippen molar-refractivity contribution >= 4 is 0 Å². The van der Waals surface area contributed by atoms with Crippen LogP contribution in [0.4, 0.5) is 0 Å². The van der Waals surface area contributed by atoms with Gasteiger partial charge >= 0.3 is 0 Å². The SMILES string of the molecule is c1cn[nH]c1.c1cncc(-c2cccnc2)c1. The molecule has 4 nitrogen and oxygen atoms in total. The summed E-state index contributed by atoms with van der Waals surface area (Å²) in [7, 11) is 0. The number of pyridine rings is 2. The molecular formula is C13H12N4. The Bertz CT molecular complexity index is 451. The zero-order valence-electron chi connectivity index (χ0n) is 9.19. The van der Waals surface area contributed by atoms with Crippen LogP contribution in [0.25, 0.3) is 11.1 Å². The molecule has 0 atom stereocenters. The van der Waals surface area contributed by atoms with Crippen LogP contribution in [0.3, 0.4) is 0 Å². The number of H-pyrrole nitrogens is 1. The predicted molar refractivity (Wildman–Crippen MR) is 66.1 cm³/mol. The predicted octanol–water partition coefficient (Wildman–Crippen LogP) is 2.55. The molecule has 3 aromatic rings. The lowest BCUT2D eigenvalue weighted by Crippen LogP contribution is -1.79. The van der Waals surface area contributed by atoms with Crippen LogP contribution in [-0.2, 0) is 0 Å². The summed E-state index contributed by atoms with van der Waals surface area (Å²) in [6.45, 7) is 0. The van der Waals surface area contributed by atoms with Gasteiger partial charge in [0.25, 0.3) is 0 Å². The Morgan fingerprint density at radius 3 is 1.71 bits per heavy atom. The van der Waals surface area contributed by atoms with Gasteiger partial charge in [0.2, 0.25) is 0 Å². The normalized spacial score (nSPS) is 9.18. The molecule has 0 amide bonds. The summed E-state index contributed by atoms with van der Waals surface area (Å²) in [6.07, 6.45) is 10.6. The van der Waals surface area contributed by atoms with Gasteiger partial charge in [-0.15, -0.1) is 0 Å². The molecule has 0 radical (unpaired) electrons. The second kappa shape index (κ2) is 6.17. The van der Waals surface area contributed by atoms with Gasteiger partial charge in [-0.1, -0.05) is 12.1 Å². The van der Waals surface area contributed by atoms with E-state index in [4.69, 9.17) is 0 Å². The van der Waals surface area contributed by atoms with Gasteiger partial charge < -0.3 is 0 Å². The van der Waals surface area contributed by atoms with Crippen molar-refractivity contribution in [2.24, 2.45) is 0 Å². The highest BCUT2D eigenvalue weighted by Gasteiger charge is 1.93. The molecule has 0 unspecified atom stereocenters. The first-order valence-corrected chi connectivity index (χ1v) is 5.21. The summed E-state index contributed by atoms with van der Waals surface area (Å²) in [4.78, 5) is 8.07. The van der Waals surface area contributed by atoms with Crippen LogP contribution in [-0.4, -0.2) is 20.2 Å². The van der Waals surface area contributed by atoms with E-state index in [0.717, 1.165) is 11.1 Å². The first-order valence-electron chi connectivity index (χ1n) is 5.21.